The number of likely N-dealkylation sites (N-methyl/N-ethyl adjacent to an activating group) is 1. The number of halogens is 3. The summed E-state index contributed by atoms with van der Waals surface area (Å²) in [6.07, 6.45) is -4.55. The molecule has 0 fully saturated rings. The molecular formula is C18H17F3N4O2S. The van der Waals surface area contributed by atoms with Gasteiger partial charge in [0.15, 0.2) is 0 Å². The Kier molecular flexibility index (Phi) is 5.80. The van der Waals surface area contributed by atoms with Gasteiger partial charge in [0.25, 0.3) is 5.89 Å². The van der Waals surface area contributed by atoms with Crippen LogP contribution in [0.1, 0.15) is 24.4 Å². The normalized spacial score (nSPS) is 12.9. The first-order valence-electron chi connectivity index (χ1n) is 8.29. The third-order valence-electron chi connectivity index (χ3n) is 4.09. The van der Waals surface area contributed by atoms with E-state index in [1.807, 2.05) is 17.5 Å². The third-order valence-corrected chi connectivity index (χ3v) is 4.95. The molecule has 6 nitrogen and oxygen atoms in total. The molecule has 2 heterocycles. The minimum absolute atomic E-state index is 0.149. The number of alkyl halides is 3. The Morgan fingerprint density at radius 2 is 2.00 bits per heavy atom. The fourth-order valence-corrected chi connectivity index (χ4v) is 3.13. The number of nitrogens with one attached hydrogen (secondary N) is 1. The summed E-state index contributed by atoms with van der Waals surface area (Å²) in [6.45, 7) is 1.62. The molecule has 0 saturated heterocycles. The van der Waals surface area contributed by atoms with Gasteiger partial charge in [-0.3, -0.25) is 9.69 Å². The maximum Gasteiger partial charge on any atom is 0.418 e. The maximum atomic E-state index is 13.0. The van der Waals surface area contributed by atoms with Crippen LogP contribution in [0.25, 0.3) is 10.8 Å². The summed E-state index contributed by atoms with van der Waals surface area (Å²) in [5.74, 6) is 0.118. The van der Waals surface area contributed by atoms with Crippen LogP contribution in [-0.4, -0.2) is 34.6 Å². The van der Waals surface area contributed by atoms with Crippen LogP contribution in [-0.2, 0) is 11.0 Å². The molecule has 10 heteroatoms. The van der Waals surface area contributed by atoms with Crippen molar-refractivity contribution in [3.05, 3.63) is 53.2 Å². The topological polar surface area (TPSA) is 71.3 Å². The van der Waals surface area contributed by atoms with Crippen molar-refractivity contribution in [2.45, 2.75) is 19.1 Å². The van der Waals surface area contributed by atoms with E-state index in [0.717, 1.165) is 10.9 Å². The number of hydrogen-bond donors (Lipinski definition) is 1. The lowest BCUT2D eigenvalue weighted by Crippen LogP contribution is -2.32. The summed E-state index contributed by atoms with van der Waals surface area (Å²) in [7, 11) is 1.65. The van der Waals surface area contributed by atoms with Crippen LogP contribution < -0.4 is 5.32 Å². The van der Waals surface area contributed by atoms with E-state index in [1.165, 1.54) is 29.5 Å². The third kappa shape index (κ3) is 4.57. The molecule has 0 aliphatic heterocycles. The van der Waals surface area contributed by atoms with Gasteiger partial charge in [-0.15, -0.1) is 21.5 Å². The van der Waals surface area contributed by atoms with Gasteiger partial charge >= 0.3 is 6.18 Å². The number of anilines is 1. The van der Waals surface area contributed by atoms with Crippen molar-refractivity contribution >= 4 is 22.9 Å². The minimum Gasteiger partial charge on any atom is -0.418 e. The lowest BCUT2D eigenvalue weighted by atomic mass is 10.1. The first-order chi connectivity index (χ1) is 13.3. The summed E-state index contributed by atoms with van der Waals surface area (Å²) in [5.41, 5.74) is -1.17. The van der Waals surface area contributed by atoms with Crippen LogP contribution in [0.15, 0.2) is 46.2 Å². The predicted molar refractivity (Wildman–Crippen MR) is 98.7 cm³/mol. The zero-order chi connectivity index (χ0) is 20.3. The Hall–Kier alpha value is -2.72. The standard InChI is InChI=1S/C18H17F3N4O2S/c1-11(16-23-24-17(27-16)14-8-5-9-28-14)25(2)10-15(26)22-13-7-4-3-6-12(13)18(19,20)21/h3-9,11H,10H2,1-2H3,(H,22,26)/t11-/m1/s1. The number of carbonyl (C=O) groups excluding carboxylic acids is 1. The number of rotatable bonds is 6. The SMILES string of the molecule is C[C@H](c1nnc(-c2cccs2)o1)N(C)CC(=O)Nc1ccccc1C(F)(F)F. The molecule has 0 aliphatic carbocycles. The minimum atomic E-state index is -4.55. The molecule has 1 amide bonds. The van der Waals surface area contributed by atoms with Crippen LogP contribution in [0.4, 0.5) is 18.9 Å². The molecule has 3 aromatic rings. The van der Waals surface area contributed by atoms with Crippen molar-refractivity contribution in [2.75, 3.05) is 18.9 Å². The van der Waals surface area contributed by atoms with Crippen molar-refractivity contribution in [1.82, 2.24) is 15.1 Å². The summed E-state index contributed by atoms with van der Waals surface area (Å²) in [6, 6.07) is 8.16. The van der Waals surface area contributed by atoms with Gasteiger partial charge in [0, 0.05) is 0 Å². The van der Waals surface area contributed by atoms with Crippen molar-refractivity contribution in [3.63, 3.8) is 0 Å². The largest absolute Gasteiger partial charge is 0.418 e. The highest BCUT2D eigenvalue weighted by Gasteiger charge is 2.33. The van der Waals surface area contributed by atoms with Crippen LogP contribution in [0.3, 0.4) is 0 Å². The number of thiophene rings is 1. The van der Waals surface area contributed by atoms with Crippen LogP contribution in [0.2, 0.25) is 0 Å². The molecule has 1 atom stereocenters. The van der Waals surface area contributed by atoms with E-state index in [0.29, 0.717) is 11.8 Å². The smallest absolute Gasteiger partial charge is 0.418 e. The highest BCUT2D eigenvalue weighted by atomic mass is 32.1. The van der Waals surface area contributed by atoms with Crippen molar-refractivity contribution in [3.8, 4) is 10.8 Å². The van der Waals surface area contributed by atoms with E-state index in [4.69, 9.17) is 4.42 Å². The number of nitrogens with zero attached hydrogens (tertiary/aromatic N) is 3. The predicted octanol–water partition coefficient (Wildman–Crippen LogP) is 4.45. The molecule has 0 saturated carbocycles. The molecule has 148 valence electrons. The van der Waals surface area contributed by atoms with E-state index >= 15 is 0 Å². The van der Waals surface area contributed by atoms with E-state index in [2.05, 4.69) is 15.5 Å². The Morgan fingerprint density at radius 3 is 2.68 bits per heavy atom. The number of carbonyl (C=O) groups is 1. The zero-order valence-electron chi connectivity index (χ0n) is 15.0. The molecule has 0 radical (unpaired) electrons. The Balaban J connectivity index is 1.65. The van der Waals surface area contributed by atoms with E-state index in [9.17, 15) is 18.0 Å². The number of amides is 1. The highest BCUT2D eigenvalue weighted by molar-refractivity contribution is 7.13. The fourth-order valence-electron chi connectivity index (χ4n) is 2.48. The van der Waals surface area contributed by atoms with Crippen molar-refractivity contribution in [2.24, 2.45) is 0 Å². The monoisotopic (exact) mass is 410 g/mol. The molecule has 0 unspecified atom stereocenters. The van der Waals surface area contributed by atoms with E-state index in [-0.39, 0.29) is 12.2 Å². The molecule has 1 N–H and O–H groups in total. The van der Waals surface area contributed by atoms with Gasteiger partial charge in [0.1, 0.15) is 0 Å². The number of hydrogen-bond acceptors (Lipinski definition) is 6. The highest BCUT2D eigenvalue weighted by Crippen LogP contribution is 2.34. The van der Waals surface area contributed by atoms with Gasteiger partial charge in [-0.05, 0) is 37.6 Å². The summed E-state index contributed by atoms with van der Waals surface area (Å²) < 4.78 is 44.8. The van der Waals surface area contributed by atoms with Crippen LogP contribution in [0.5, 0.6) is 0 Å². The summed E-state index contributed by atoms with van der Waals surface area (Å²) in [4.78, 5) is 14.7. The van der Waals surface area contributed by atoms with Gasteiger partial charge in [-0.25, -0.2) is 0 Å². The average molecular weight is 410 g/mol. The quantitative estimate of drug-likeness (QED) is 0.650. The molecule has 3 rings (SSSR count). The second-order valence-corrected chi connectivity index (χ2v) is 7.05. The molecular weight excluding hydrogens is 393 g/mol. The molecule has 2 aromatic heterocycles. The van der Waals surface area contributed by atoms with E-state index in [1.54, 1.807) is 18.9 Å². The Bertz CT molecular complexity index is 940. The second-order valence-electron chi connectivity index (χ2n) is 6.11. The second kappa shape index (κ2) is 8.11. The fraction of sp³-hybridized carbons (Fsp3) is 0.278. The summed E-state index contributed by atoms with van der Waals surface area (Å²) >= 11 is 1.46. The lowest BCUT2D eigenvalue weighted by molar-refractivity contribution is -0.137. The Labute approximate surface area is 163 Å². The van der Waals surface area contributed by atoms with Crippen molar-refractivity contribution < 1.29 is 22.4 Å². The number of para-hydroxylation sites is 1. The van der Waals surface area contributed by atoms with Gasteiger partial charge in [-0.1, -0.05) is 18.2 Å². The van der Waals surface area contributed by atoms with Gasteiger partial charge in [0.05, 0.1) is 28.7 Å². The molecule has 1 aromatic carbocycles. The molecule has 0 spiro atoms. The van der Waals surface area contributed by atoms with Crippen molar-refractivity contribution in [1.29, 1.82) is 0 Å². The van der Waals surface area contributed by atoms with Gasteiger partial charge in [-0.2, -0.15) is 13.2 Å². The average Bonchev–Trinajstić information content (AvgIpc) is 3.32. The molecule has 0 aliphatic rings. The maximum absolute atomic E-state index is 13.0. The van der Waals surface area contributed by atoms with Gasteiger partial charge in [0.2, 0.25) is 11.8 Å². The van der Waals surface area contributed by atoms with E-state index < -0.39 is 23.7 Å². The van der Waals surface area contributed by atoms with Gasteiger partial charge < -0.3 is 9.73 Å². The molecule has 28 heavy (non-hydrogen) atoms. The lowest BCUT2D eigenvalue weighted by Gasteiger charge is -2.21. The van der Waals surface area contributed by atoms with Crippen LogP contribution in [0, 0.1) is 0 Å². The first-order valence-corrected chi connectivity index (χ1v) is 9.17. The Morgan fingerprint density at radius 1 is 1.25 bits per heavy atom. The number of aromatic nitrogens is 2. The molecule has 0 bridgehead atoms. The first kappa shape index (κ1) is 20.0. The van der Waals surface area contributed by atoms with Crippen LogP contribution >= 0.6 is 11.3 Å². The summed E-state index contributed by atoms with van der Waals surface area (Å²) in [5, 5.41) is 12.2. The zero-order valence-corrected chi connectivity index (χ0v) is 15.8. The number of benzene rings is 1.